The first-order chi connectivity index (χ1) is 6.74. The summed E-state index contributed by atoms with van der Waals surface area (Å²) in [4.78, 5) is 10.7. The van der Waals surface area contributed by atoms with Crippen molar-refractivity contribution >= 4 is 5.97 Å². The number of ether oxygens (including phenoxy) is 2. The summed E-state index contributed by atoms with van der Waals surface area (Å²) < 4.78 is 9.56. The molecule has 0 amide bonds. The van der Waals surface area contributed by atoms with Crippen molar-refractivity contribution in [2.24, 2.45) is 0 Å². The highest BCUT2D eigenvalue weighted by Gasteiger charge is 2.05. The molecular formula is C9H18O5. The number of unbranched alkanes of at least 4 members (excludes halogenated alkanes) is 1. The average Bonchev–Trinajstić information content (AvgIpc) is 2.23. The summed E-state index contributed by atoms with van der Waals surface area (Å²) >= 11 is 0. The molecular weight excluding hydrogens is 188 g/mol. The minimum absolute atomic E-state index is 0.187. The second-order valence-electron chi connectivity index (χ2n) is 2.89. The number of hydrogen-bond acceptors (Lipinski definition) is 5. The topological polar surface area (TPSA) is 76.0 Å². The Labute approximate surface area is 83.6 Å². The Morgan fingerprint density at radius 1 is 1.29 bits per heavy atom. The second-order valence-corrected chi connectivity index (χ2v) is 2.89. The standard InChI is InChI=1S/C9H18O5/c1-13-9(12)4-2-3-5-14-8(6-10)7-11/h8,10-11H,2-7H2,1H3. The van der Waals surface area contributed by atoms with Crippen LogP contribution in [0.1, 0.15) is 19.3 Å². The van der Waals surface area contributed by atoms with Crippen LogP contribution in [0.3, 0.4) is 0 Å². The number of esters is 1. The number of aliphatic hydroxyl groups is 2. The van der Waals surface area contributed by atoms with Gasteiger partial charge in [-0.3, -0.25) is 4.79 Å². The third kappa shape index (κ3) is 6.82. The third-order valence-electron chi connectivity index (χ3n) is 1.76. The molecule has 0 radical (unpaired) electrons. The predicted octanol–water partition coefficient (Wildman–Crippen LogP) is -0.300. The van der Waals surface area contributed by atoms with Gasteiger partial charge in [0.1, 0.15) is 6.10 Å². The molecule has 5 heteroatoms. The van der Waals surface area contributed by atoms with E-state index in [1.165, 1.54) is 7.11 Å². The third-order valence-corrected chi connectivity index (χ3v) is 1.76. The number of hydrogen-bond donors (Lipinski definition) is 2. The van der Waals surface area contributed by atoms with Gasteiger partial charge in [-0.1, -0.05) is 0 Å². The normalized spacial score (nSPS) is 10.6. The van der Waals surface area contributed by atoms with Crippen LogP contribution in [0.4, 0.5) is 0 Å². The molecule has 0 aromatic rings. The lowest BCUT2D eigenvalue weighted by molar-refractivity contribution is -0.140. The zero-order valence-electron chi connectivity index (χ0n) is 8.44. The Morgan fingerprint density at radius 3 is 2.43 bits per heavy atom. The second kappa shape index (κ2) is 8.93. The predicted molar refractivity (Wildman–Crippen MR) is 49.8 cm³/mol. The van der Waals surface area contributed by atoms with Crippen LogP contribution in [0, 0.1) is 0 Å². The monoisotopic (exact) mass is 206 g/mol. The maximum atomic E-state index is 10.7. The van der Waals surface area contributed by atoms with E-state index in [1.807, 2.05) is 0 Å². The molecule has 0 unspecified atom stereocenters. The minimum atomic E-state index is -0.506. The molecule has 0 atom stereocenters. The fraction of sp³-hybridized carbons (Fsp3) is 0.889. The summed E-state index contributed by atoms with van der Waals surface area (Å²) in [5.74, 6) is -0.231. The summed E-state index contributed by atoms with van der Waals surface area (Å²) in [6, 6.07) is 0. The van der Waals surface area contributed by atoms with Crippen LogP contribution in [0.15, 0.2) is 0 Å². The van der Waals surface area contributed by atoms with Crippen LogP contribution < -0.4 is 0 Å². The fourth-order valence-electron chi connectivity index (χ4n) is 0.887. The number of carbonyl (C=O) groups excluding carboxylic acids is 1. The van der Waals surface area contributed by atoms with Gasteiger partial charge >= 0.3 is 5.97 Å². The molecule has 0 aliphatic heterocycles. The molecule has 0 spiro atoms. The van der Waals surface area contributed by atoms with Crippen LogP contribution in [-0.4, -0.2) is 49.2 Å². The van der Waals surface area contributed by atoms with Gasteiger partial charge in [0.25, 0.3) is 0 Å². The van der Waals surface area contributed by atoms with E-state index in [2.05, 4.69) is 4.74 Å². The van der Waals surface area contributed by atoms with Gasteiger partial charge in [-0.05, 0) is 12.8 Å². The maximum absolute atomic E-state index is 10.7. The van der Waals surface area contributed by atoms with Gasteiger partial charge in [-0.25, -0.2) is 0 Å². The van der Waals surface area contributed by atoms with Crippen molar-refractivity contribution in [1.29, 1.82) is 0 Å². The molecule has 5 nitrogen and oxygen atoms in total. The van der Waals surface area contributed by atoms with E-state index >= 15 is 0 Å². The van der Waals surface area contributed by atoms with Gasteiger partial charge in [0.2, 0.25) is 0 Å². The molecule has 0 rings (SSSR count). The Kier molecular flexibility index (Phi) is 8.51. The molecule has 0 aliphatic rings. The van der Waals surface area contributed by atoms with Crippen LogP contribution in [0.5, 0.6) is 0 Å². The van der Waals surface area contributed by atoms with E-state index in [4.69, 9.17) is 14.9 Å². The lowest BCUT2D eigenvalue weighted by atomic mass is 10.2. The first kappa shape index (κ1) is 13.4. The lowest BCUT2D eigenvalue weighted by Gasteiger charge is -2.11. The lowest BCUT2D eigenvalue weighted by Crippen LogP contribution is -2.22. The Balaban J connectivity index is 3.24. The first-order valence-corrected chi connectivity index (χ1v) is 4.64. The van der Waals surface area contributed by atoms with Gasteiger partial charge in [0, 0.05) is 13.0 Å². The Bertz CT molecular complexity index is 144. The first-order valence-electron chi connectivity index (χ1n) is 4.64. The van der Waals surface area contributed by atoms with E-state index < -0.39 is 6.10 Å². The van der Waals surface area contributed by atoms with Gasteiger partial charge < -0.3 is 19.7 Å². The molecule has 0 aromatic heterocycles. The highest BCUT2D eigenvalue weighted by Crippen LogP contribution is 1.99. The summed E-state index contributed by atoms with van der Waals surface area (Å²) in [7, 11) is 1.35. The summed E-state index contributed by atoms with van der Waals surface area (Å²) in [5, 5.41) is 17.3. The van der Waals surface area contributed by atoms with Crippen molar-refractivity contribution in [3.63, 3.8) is 0 Å². The molecule has 84 valence electrons. The SMILES string of the molecule is COC(=O)CCCCOC(CO)CO. The highest BCUT2D eigenvalue weighted by molar-refractivity contribution is 5.68. The number of carbonyl (C=O) groups is 1. The van der Waals surface area contributed by atoms with E-state index in [0.717, 1.165) is 0 Å². The molecule has 0 bridgehead atoms. The van der Waals surface area contributed by atoms with Gasteiger partial charge in [-0.15, -0.1) is 0 Å². The van der Waals surface area contributed by atoms with Gasteiger partial charge in [-0.2, -0.15) is 0 Å². The summed E-state index contributed by atoms with van der Waals surface area (Å²) in [6.45, 7) is 0.0593. The van der Waals surface area contributed by atoms with Crippen molar-refractivity contribution in [3.8, 4) is 0 Å². The molecule has 0 saturated carbocycles. The Hall–Kier alpha value is -0.650. The Morgan fingerprint density at radius 2 is 1.93 bits per heavy atom. The quantitative estimate of drug-likeness (QED) is 0.421. The van der Waals surface area contributed by atoms with E-state index in [0.29, 0.717) is 25.9 Å². The largest absolute Gasteiger partial charge is 0.469 e. The number of methoxy groups -OCH3 is 1. The molecule has 0 aromatic carbocycles. The van der Waals surface area contributed by atoms with Crippen molar-refractivity contribution in [1.82, 2.24) is 0 Å². The van der Waals surface area contributed by atoms with E-state index in [-0.39, 0.29) is 19.2 Å². The van der Waals surface area contributed by atoms with Crippen LogP contribution in [-0.2, 0) is 14.3 Å². The van der Waals surface area contributed by atoms with Gasteiger partial charge in [0.15, 0.2) is 0 Å². The zero-order valence-corrected chi connectivity index (χ0v) is 8.44. The number of aliphatic hydroxyl groups excluding tert-OH is 2. The van der Waals surface area contributed by atoms with E-state index in [9.17, 15) is 4.79 Å². The zero-order chi connectivity index (χ0) is 10.8. The van der Waals surface area contributed by atoms with Crippen molar-refractivity contribution in [2.75, 3.05) is 26.9 Å². The number of rotatable bonds is 8. The van der Waals surface area contributed by atoms with Crippen molar-refractivity contribution < 1.29 is 24.5 Å². The molecule has 0 saturated heterocycles. The molecule has 0 fully saturated rings. The fourth-order valence-corrected chi connectivity index (χ4v) is 0.887. The van der Waals surface area contributed by atoms with Crippen LogP contribution >= 0.6 is 0 Å². The maximum Gasteiger partial charge on any atom is 0.305 e. The van der Waals surface area contributed by atoms with Crippen molar-refractivity contribution in [2.45, 2.75) is 25.4 Å². The van der Waals surface area contributed by atoms with Crippen molar-refractivity contribution in [3.05, 3.63) is 0 Å². The highest BCUT2D eigenvalue weighted by atomic mass is 16.5. The van der Waals surface area contributed by atoms with Crippen LogP contribution in [0.2, 0.25) is 0 Å². The molecule has 0 heterocycles. The minimum Gasteiger partial charge on any atom is -0.469 e. The van der Waals surface area contributed by atoms with Crippen LogP contribution in [0.25, 0.3) is 0 Å². The van der Waals surface area contributed by atoms with E-state index in [1.54, 1.807) is 0 Å². The summed E-state index contributed by atoms with van der Waals surface area (Å²) in [5.41, 5.74) is 0. The molecule has 0 aliphatic carbocycles. The average molecular weight is 206 g/mol. The molecule has 14 heavy (non-hydrogen) atoms. The molecule has 2 N–H and O–H groups in total. The van der Waals surface area contributed by atoms with Gasteiger partial charge in [0.05, 0.1) is 20.3 Å². The summed E-state index contributed by atoms with van der Waals surface area (Å²) in [6.07, 6.45) is 1.28. The smallest absolute Gasteiger partial charge is 0.305 e.